The lowest BCUT2D eigenvalue weighted by Gasteiger charge is -2.08. The number of nitrogens with zero attached hydrogens (tertiary/aromatic N) is 1. The maximum absolute atomic E-state index is 11.3. The number of carbonyl (C=O) groups is 2. The predicted octanol–water partition coefficient (Wildman–Crippen LogP) is 0.718. The summed E-state index contributed by atoms with van der Waals surface area (Å²) in [7, 11) is 0. The number of aromatic carboxylic acids is 1. The zero-order valence-electron chi connectivity index (χ0n) is 9.56. The van der Waals surface area contributed by atoms with Gasteiger partial charge in [0.1, 0.15) is 11.4 Å². The average Bonchev–Trinajstić information content (AvgIpc) is 2.34. The largest absolute Gasteiger partial charge is 0.478 e. The summed E-state index contributed by atoms with van der Waals surface area (Å²) in [4.78, 5) is 26.0. The van der Waals surface area contributed by atoms with E-state index < -0.39 is 5.97 Å². The second-order valence-electron chi connectivity index (χ2n) is 3.41. The van der Waals surface area contributed by atoms with Crippen LogP contribution in [0.5, 0.6) is 0 Å². The molecule has 0 saturated carbocycles. The van der Waals surface area contributed by atoms with Crippen LogP contribution in [0.2, 0.25) is 0 Å². The topological polar surface area (TPSA) is 91.3 Å². The van der Waals surface area contributed by atoms with E-state index in [1.165, 1.54) is 18.3 Å². The summed E-state index contributed by atoms with van der Waals surface area (Å²) in [5.74, 6) is -1.06. The molecule has 0 fully saturated rings. The molecular formula is C11H15N3O3. The molecule has 92 valence electrons. The molecule has 0 aliphatic rings. The monoisotopic (exact) mass is 237 g/mol. The minimum absolute atomic E-state index is 0.0112. The first-order chi connectivity index (χ1) is 8.15. The Bertz CT molecular complexity index is 407. The van der Waals surface area contributed by atoms with Crippen LogP contribution in [-0.2, 0) is 4.79 Å². The van der Waals surface area contributed by atoms with Gasteiger partial charge in [0.05, 0.1) is 6.54 Å². The number of carbonyl (C=O) groups excluding carboxylic acids is 1. The molecule has 6 heteroatoms. The van der Waals surface area contributed by atoms with Gasteiger partial charge in [-0.1, -0.05) is 6.92 Å². The Morgan fingerprint density at radius 3 is 2.88 bits per heavy atom. The third-order valence-corrected chi connectivity index (χ3v) is 2.03. The molecule has 0 aliphatic carbocycles. The summed E-state index contributed by atoms with van der Waals surface area (Å²) >= 11 is 0. The molecule has 6 nitrogen and oxygen atoms in total. The van der Waals surface area contributed by atoms with Crippen LogP contribution in [0.1, 0.15) is 23.7 Å². The van der Waals surface area contributed by atoms with Gasteiger partial charge < -0.3 is 15.7 Å². The quantitative estimate of drug-likeness (QED) is 0.678. The highest BCUT2D eigenvalue weighted by Gasteiger charge is 2.10. The van der Waals surface area contributed by atoms with Crippen molar-refractivity contribution in [3.05, 3.63) is 23.9 Å². The van der Waals surface area contributed by atoms with Crippen molar-refractivity contribution in [1.82, 2.24) is 10.3 Å². The fourth-order valence-corrected chi connectivity index (χ4v) is 1.21. The van der Waals surface area contributed by atoms with E-state index in [1.807, 2.05) is 6.92 Å². The molecule has 17 heavy (non-hydrogen) atoms. The van der Waals surface area contributed by atoms with E-state index in [4.69, 9.17) is 5.11 Å². The molecule has 0 unspecified atom stereocenters. The first-order valence-corrected chi connectivity index (χ1v) is 5.34. The fourth-order valence-electron chi connectivity index (χ4n) is 1.21. The van der Waals surface area contributed by atoms with Gasteiger partial charge in [-0.3, -0.25) is 4.79 Å². The molecular weight excluding hydrogens is 222 g/mol. The van der Waals surface area contributed by atoms with Crippen LogP contribution in [0.15, 0.2) is 18.3 Å². The van der Waals surface area contributed by atoms with Gasteiger partial charge in [-0.05, 0) is 18.6 Å². The Morgan fingerprint density at radius 1 is 1.47 bits per heavy atom. The Balaban J connectivity index is 2.57. The van der Waals surface area contributed by atoms with Crippen molar-refractivity contribution >= 4 is 17.7 Å². The second-order valence-corrected chi connectivity index (χ2v) is 3.41. The predicted molar refractivity (Wildman–Crippen MR) is 63.0 cm³/mol. The summed E-state index contributed by atoms with van der Waals surface area (Å²) in [6.45, 7) is 2.57. The van der Waals surface area contributed by atoms with E-state index in [1.54, 1.807) is 0 Å². The number of pyridine rings is 1. The van der Waals surface area contributed by atoms with Crippen molar-refractivity contribution in [2.24, 2.45) is 0 Å². The number of carboxylic acid groups (broad SMARTS) is 1. The van der Waals surface area contributed by atoms with Gasteiger partial charge >= 0.3 is 5.97 Å². The molecule has 0 radical (unpaired) electrons. The number of anilines is 1. The van der Waals surface area contributed by atoms with Crippen molar-refractivity contribution in [2.45, 2.75) is 13.3 Å². The minimum Gasteiger partial charge on any atom is -0.478 e. The smallest absolute Gasteiger partial charge is 0.339 e. The normalized spacial score (nSPS) is 9.71. The lowest BCUT2D eigenvalue weighted by molar-refractivity contribution is -0.119. The third kappa shape index (κ3) is 4.10. The van der Waals surface area contributed by atoms with E-state index in [-0.39, 0.29) is 23.8 Å². The van der Waals surface area contributed by atoms with Crippen LogP contribution in [0.3, 0.4) is 0 Å². The van der Waals surface area contributed by atoms with Crippen LogP contribution in [0.25, 0.3) is 0 Å². The highest BCUT2D eigenvalue weighted by Crippen LogP contribution is 2.10. The molecule has 1 amide bonds. The van der Waals surface area contributed by atoms with Crippen molar-refractivity contribution in [3.8, 4) is 0 Å². The molecule has 0 atom stereocenters. The summed E-state index contributed by atoms with van der Waals surface area (Å²) in [6, 6.07) is 2.97. The number of rotatable bonds is 6. The maximum atomic E-state index is 11.3. The summed E-state index contributed by atoms with van der Waals surface area (Å²) < 4.78 is 0. The van der Waals surface area contributed by atoms with Crippen LogP contribution >= 0.6 is 0 Å². The molecule has 1 heterocycles. The van der Waals surface area contributed by atoms with Gasteiger partial charge in [0.25, 0.3) is 0 Å². The van der Waals surface area contributed by atoms with Gasteiger partial charge in [0.15, 0.2) is 0 Å². The van der Waals surface area contributed by atoms with Gasteiger partial charge in [0, 0.05) is 12.7 Å². The zero-order chi connectivity index (χ0) is 12.7. The SMILES string of the molecule is CCCNC(=O)CNc1ncccc1C(=O)O. The lowest BCUT2D eigenvalue weighted by atomic mass is 10.2. The summed E-state index contributed by atoms with van der Waals surface area (Å²) in [5, 5.41) is 14.3. The molecule has 1 rings (SSSR count). The van der Waals surface area contributed by atoms with Crippen LogP contribution in [-0.4, -0.2) is 35.1 Å². The van der Waals surface area contributed by atoms with E-state index in [9.17, 15) is 9.59 Å². The van der Waals surface area contributed by atoms with Crippen molar-refractivity contribution in [1.29, 1.82) is 0 Å². The van der Waals surface area contributed by atoms with E-state index >= 15 is 0 Å². The Labute approximate surface area is 99.1 Å². The average molecular weight is 237 g/mol. The van der Waals surface area contributed by atoms with Gasteiger partial charge in [-0.15, -0.1) is 0 Å². The van der Waals surface area contributed by atoms with Crippen molar-refractivity contribution in [3.63, 3.8) is 0 Å². The van der Waals surface area contributed by atoms with Gasteiger partial charge in [-0.2, -0.15) is 0 Å². The summed E-state index contributed by atoms with van der Waals surface area (Å²) in [6.07, 6.45) is 2.33. The molecule has 3 N–H and O–H groups in total. The molecule has 0 bridgehead atoms. The summed E-state index contributed by atoms with van der Waals surface area (Å²) in [5.41, 5.74) is 0.0517. The van der Waals surface area contributed by atoms with Gasteiger partial charge in [0.2, 0.25) is 5.91 Å². The molecule has 0 aliphatic heterocycles. The first kappa shape index (κ1) is 13.0. The first-order valence-electron chi connectivity index (χ1n) is 5.34. The Kier molecular flexibility index (Phi) is 4.93. The molecule has 0 aromatic carbocycles. The van der Waals surface area contributed by atoms with E-state index in [0.29, 0.717) is 6.54 Å². The van der Waals surface area contributed by atoms with Crippen molar-refractivity contribution < 1.29 is 14.7 Å². The lowest BCUT2D eigenvalue weighted by Crippen LogP contribution is -2.30. The van der Waals surface area contributed by atoms with E-state index in [2.05, 4.69) is 15.6 Å². The number of aromatic nitrogens is 1. The molecule has 0 saturated heterocycles. The zero-order valence-corrected chi connectivity index (χ0v) is 9.56. The standard InChI is InChI=1S/C11H15N3O3/c1-2-5-12-9(15)7-14-10-8(11(16)17)4-3-6-13-10/h3-4,6H,2,5,7H2,1H3,(H,12,15)(H,13,14)(H,16,17). The number of carboxylic acids is 1. The highest BCUT2D eigenvalue weighted by atomic mass is 16.4. The number of hydrogen-bond acceptors (Lipinski definition) is 4. The third-order valence-electron chi connectivity index (χ3n) is 2.03. The molecule has 0 spiro atoms. The molecule has 1 aromatic rings. The Hall–Kier alpha value is -2.11. The number of hydrogen-bond donors (Lipinski definition) is 3. The van der Waals surface area contributed by atoms with Crippen LogP contribution in [0.4, 0.5) is 5.82 Å². The minimum atomic E-state index is -1.07. The highest BCUT2D eigenvalue weighted by molar-refractivity contribution is 5.93. The van der Waals surface area contributed by atoms with Crippen LogP contribution in [0, 0.1) is 0 Å². The van der Waals surface area contributed by atoms with Gasteiger partial charge in [-0.25, -0.2) is 9.78 Å². The second kappa shape index (κ2) is 6.47. The fraction of sp³-hybridized carbons (Fsp3) is 0.364. The number of amides is 1. The Morgan fingerprint density at radius 2 is 2.24 bits per heavy atom. The van der Waals surface area contributed by atoms with Crippen LogP contribution < -0.4 is 10.6 Å². The maximum Gasteiger partial charge on any atom is 0.339 e. The molecule has 1 aromatic heterocycles. The van der Waals surface area contributed by atoms with E-state index in [0.717, 1.165) is 6.42 Å². The number of nitrogens with one attached hydrogen (secondary N) is 2. The van der Waals surface area contributed by atoms with Crippen molar-refractivity contribution in [2.75, 3.05) is 18.4 Å².